The highest BCUT2D eigenvalue weighted by atomic mass is 32.1. The molecule has 0 atom stereocenters. The van der Waals surface area contributed by atoms with Gasteiger partial charge >= 0.3 is 0 Å². The Morgan fingerprint density at radius 2 is 1.96 bits per heavy atom. The molecule has 0 spiro atoms. The highest BCUT2D eigenvalue weighted by Gasteiger charge is 2.21. The van der Waals surface area contributed by atoms with E-state index >= 15 is 0 Å². The molecule has 138 valence electrons. The number of ketones is 1. The van der Waals surface area contributed by atoms with E-state index in [2.05, 4.69) is 4.98 Å². The van der Waals surface area contributed by atoms with Gasteiger partial charge in [0.25, 0.3) is 0 Å². The number of nitrogens with zero attached hydrogens (tertiary/aromatic N) is 2. The SMILES string of the molecule is CC(=O)N(c1nc(/C=C/C(=O)c2ccc(C)s2)cs1)c1ccc(F)cc1F. The van der Waals surface area contributed by atoms with Crippen LogP contribution in [0.2, 0.25) is 0 Å². The van der Waals surface area contributed by atoms with Gasteiger partial charge in [0.05, 0.1) is 16.3 Å². The molecule has 0 bridgehead atoms. The van der Waals surface area contributed by atoms with Crippen molar-refractivity contribution in [2.45, 2.75) is 13.8 Å². The van der Waals surface area contributed by atoms with Gasteiger partial charge in [0, 0.05) is 23.2 Å². The van der Waals surface area contributed by atoms with Crippen LogP contribution in [0.4, 0.5) is 19.6 Å². The van der Waals surface area contributed by atoms with Gasteiger partial charge in [0.1, 0.15) is 11.6 Å². The molecular formula is C19H14F2N2O2S2. The van der Waals surface area contributed by atoms with Crippen LogP contribution < -0.4 is 4.90 Å². The number of allylic oxidation sites excluding steroid dienone is 1. The van der Waals surface area contributed by atoms with Crippen LogP contribution in [-0.2, 0) is 4.79 Å². The highest BCUT2D eigenvalue weighted by Crippen LogP contribution is 2.31. The molecule has 1 amide bonds. The number of hydrogen-bond acceptors (Lipinski definition) is 5. The maximum Gasteiger partial charge on any atom is 0.230 e. The van der Waals surface area contributed by atoms with Crippen molar-refractivity contribution >= 4 is 51.3 Å². The van der Waals surface area contributed by atoms with E-state index in [-0.39, 0.29) is 16.6 Å². The molecule has 3 rings (SSSR count). The zero-order valence-corrected chi connectivity index (χ0v) is 16.0. The van der Waals surface area contributed by atoms with Crippen molar-refractivity contribution < 1.29 is 18.4 Å². The minimum absolute atomic E-state index is 0.0843. The van der Waals surface area contributed by atoms with Crippen LogP contribution in [0, 0.1) is 18.6 Å². The Labute approximate surface area is 162 Å². The molecule has 4 nitrogen and oxygen atoms in total. The number of halogens is 2. The summed E-state index contributed by atoms with van der Waals surface area (Å²) in [5.74, 6) is -2.20. The number of thiazole rings is 1. The average Bonchev–Trinajstić information content (AvgIpc) is 3.24. The van der Waals surface area contributed by atoms with Gasteiger partial charge < -0.3 is 0 Å². The molecule has 0 aliphatic heterocycles. The first-order valence-corrected chi connectivity index (χ1v) is 9.55. The van der Waals surface area contributed by atoms with E-state index in [1.165, 1.54) is 36.5 Å². The third-order valence-corrected chi connectivity index (χ3v) is 5.41. The smallest absolute Gasteiger partial charge is 0.230 e. The Hall–Kier alpha value is -2.71. The van der Waals surface area contributed by atoms with Crippen molar-refractivity contribution in [2.24, 2.45) is 0 Å². The number of carbonyl (C=O) groups excluding carboxylic acids is 2. The van der Waals surface area contributed by atoms with Crippen LogP contribution in [0.5, 0.6) is 0 Å². The van der Waals surface area contributed by atoms with Crippen LogP contribution in [0.1, 0.15) is 27.2 Å². The maximum absolute atomic E-state index is 14.1. The molecule has 0 aliphatic rings. The summed E-state index contributed by atoms with van der Waals surface area (Å²) in [4.78, 5) is 31.1. The standard InChI is InChI=1S/C19H14F2N2O2S2/c1-11-3-8-18(27-11)17(25)7-5-14-10-26-19(22-14)23(12(2)24)16-6-4-13(20)9-15(16)21/h3-10H,1-2H3/b7-5+. The Morgan fingerprint density at radius 3 is 2.59 bits per heavy atom. The first kappa shape index (κ1) is 19.1. The van der Waals surface area contributed by atoms with E-state index < -0.39 is 17.5 Å². The predicted molar refractivity (Wildman–Crippen MR) is 104 cm³/mol. The van der Waals surface area contributed by atoms with Crippen molar-refractivity contribution in [2.75, 3.05) is 4.90 Å². The number of amides is 1. The molecule has 8 heteroatoms. The summed E-state index contributed by atoms with van der Waals surface area (Å²) in [6.07, 6.45) is 2.94. The molecular weight excluding hydrogens is 390 g/mol. The molecule has 0 aliphatic carbocycles. The molecule has 0 N–H and O–H groups in total. The summed E-state index contributed by atoms with van der Waals surface area (Å²) < 4.78 is 27.2. The van der Waals surface area contributed by atoms with Gasteiger partial charge in [-0.15, -0.1) is 22.7 Å². The van der Waals surface area contributed by atoms with Gasteiger partial charge in [-0.25, -0.2) is 13.8 Å². The zero-order chi connectivity index (χ0) is 19.6. The minimum Gasteiger partial charge on any atom is -0.288 e. The predicted octanol–water partition coefficient (Wildman–Crippen LogP) is 5.37. The fraction of sp³-hybridized carbons (Fsp3) is 0.105. The van der Waals surface area contributed by atoms with Crippen molar-refractivity contribution in [1.82, 2.24) is 4.98 Å². The monoisotopic (exact) mass is 404 g/mol. The molecule has 2 heterocycles. The second kappa shape index (κ2) is 7.89. The Kier molecular flexibility index (Phi) is 5.57. The van der Waals surface area contributed by atoms with E-state index in [0.29, 0.717) is 16.6 Å². The normalized spacial score (nSPS) is 11.1. The largest absolute Gasteiger partial charge is 0.288 e. The van der Waals surface area contributed by atoms with Crippen LogP contribution in [0.3, 0.4) is 0 Å². The Morgan fingerprint density at radius 1 is 1.19 bits per heavy atom. The minimum atomic E-state index is -0.860. The lowest BCUT2D eigenvalue weighted by Crippen LogP contribution is -2.23. The van der Waals surface area contributed by atoms with Crippen molar-refractivity contribution in [1.29, 1.82) is 0 Å². The number of thiophene rings is 1. The maximum atomic E-state index is 14.1. The molecule has 3 aromatic rings. The lowest BCUT2D eigenvalue weighted by Gasteiger charge is -2.18. The summed E-state index contributed by atoms with van der Waals surface area (Å²) in [6.45, 7) is 3.19. The number of hydrogen-bond donors (Lipinski definition) is 0. The van der Waals surface area contributed by atoms with E-state index in [1.54, 1.807) is 11.4 Å². The van der Waals surface area contributed by atoms with E-state index in [1.807, 2.05) is 13.0 Å². The fourth-order valence-electron chi connectivity index (χ4n) is 2.34. The number of benzene rings is 1. The molecule has 2 aromatic heterocycles. The van der Waals surface area contributed by atoms with Crippen LogP contribution >= 0.6 is 22.7 Å². The Bertz CT molecular complexity index is 1040. The fourth-order valence-corrected chi connectivity index (χ4v) is 3.97. The van der Waals surface area contributed by atoms with Gasteiger partial charge in [0.2, 0.25) is 5.91 Å². The number of rotatable bonds is 5. The molecule has 0 saturated carbocycles. The van der Waals surface area contributed by atoms with Gasteiger partial charge in [0.15, 0.2) is 10.9 Å². The van der Waals surface area contributed by atoms with Crippen molar-refractivity contribution in [3.63, 3.8) is 0 Å². The number of carbonyl (C=O) groups is 2. The first-order valence-electron chi connectivity index (χ1n) is 7.85. The third-order valence-electron chi connectivity index (χ3n) is 3.56. The molecule has 1 aromatic carbocycles. The topological polar surface area (TPSA) is 50.3 Å². The second-order valence-corrected chi connectivity index (χ2v) is 7.74. The number of anilines is 2. The van der Waals surface area contributed by atoms with Gasteiger partial charge in [-0.2, -0.15) is 0 Å². The molecule has 0 saturated heterocycles. The molecule has 27 heavy (non-hydrogen) atoms. The lowest BCUT2D eigenvalue weighted by atomic mass is 10.2. The average molecular weight is 404 g/mol. The number of aromatic nitrogens is 1. The first-order chi connectivity index (χ1) is 12.8. The highest BCUT2D eigenvalue weighted by molar-refractivity contribution is 7.14. The summed E-state index contributed by atoms with van der Waals surface area (Å²) in [5.41, 5.74) is 0.379. The quantitative estimate of drug-likeness (QED) is 0.424. The summed E-state index contributed by atoms with van der Waals surface area (Å²) in [5, 5.41) is 1.88. The molecule has 0 fully saturated rings. The van der Waals surface area contributed by atoms with Crippen LogP contribution in [0.15, 0.2) is 41.8 Å². The van der Waals surface area contributed by atoms with Gasteiger partial charge in [-0.3, -0.25) is 14.5 Å². The molecule has 0 radical (unpaired) electrons. The summed E-state index contributed by atoms with van der Waals surface area (Å²) >= 11 is 2.52. The van der Waals surface area contributed by atoms with E-state index in [0.717, 1.165) is 27.2 Å². The van der Waals surface area contributed by atoms with E-state index in [4.69, 9.17) is 0 Å². The lowest BCUT2D eigenvalue weighted by molar-refractivity contribution is -0.115. The summed E-state index contributed by atoms with van der Waals surface area (Å²) in [6, 6.07) is 6.60. The third kappa shape index (κ3) is 4.35. The van der Waals surface area contributed by atoms with Gasteiger partial charge in [-0.1, -0.05) is 0 Å². The van der Waals surface area contributed by atoms with Crippen LogP contribution in [-0.4, -0.2) is 16.7 Å². The number of aryl methyl sites for hydroxylation is 1. The van der Waals surface area contributed by atoms with Crippen molar-refractivity contribution in [3.8, 4) is 0 Å². The van der Waals surface area contributed by atoms with Crippen LogP contribution in [0.25, 0.3) is 6.08 Å². The molecule has 0 unspecified atom stereocenters. The zero-order valence-electron chi connectivity index (χ0n) is 14.4. The Balaban J connectivity index is 1.85. The van der Waals surface area contributed by atoms with E-state index in [9.17, 15) is 18.4 Å². The second-order valence-electron chi connectivity index (χ2n) is 5.61. The summed E-state index contributed by atoms with van der Waals surface area (Å²) in [7, 11) is 0. The van der Waals surface area contributed by atoms with Crippen molar-refractivity contribution in [3.05, 3.63) is 68.9 Å². The van der Waals surface area contributed by atoms with Gasteiger partial charge in [-0.05, 0) is 43.3 Å².